The van der Waals surface area contributed by atoms with Crippen molar-refractivity contribution in [3.8, 4) is 0 Å². The van der Waals surface area contributed by atoms with E-state index in [4.69, 9.17) is 5.73 Å². The maximum Gasteiger partial charge on any atom is 0.240 e. The standard InChI is InChI=1S/C26H26N2O3/c1-19(29)17-18-23(24(27)30)28-25(31)26(20-11-5-2-6-12-20,21-13-7-3-8-14-21)22-15-9-4-10-16-22/h2-16,23H,17-18H2,1H3,(H2,27,30)(H,28,31)/t23-/m1/s1. The number of amides is 2. The van der Waals surface area contributed by atoms with Crippen LogP contribution in [-0.2, 0) is 19.8 Å². The van der Waals surface area contributed by atoms with Crippen LogP contribution in [0.2, 0.25) is 0 Å². The van der Waals surface area contributed by atoms with Crippen LogP contribution < -0.4 is 11.1 Å². The van der Waals surface area contributed by atoms with Crippen LogP contribution in [0.4, 0.5) is 0 Å². The number of benzene rings is 3. The third-order valence-electron chi connectivity index (χ3n) is 5.39. The minimum Gasteiger partial charge on any atom is -0.368 e. The van der Waals surface area contributed by atoms with Gasteiger partial charge in [-0.05, 0) is 30.0 Å². The van der Waals surface area contributed by atoms with Gasteiger partial charge in [0, 0.05) is 6.42 Å². The molecule has 0 bridgehead atoms. The Balaban J connectivity index is 2.18. The Hall–Kier alpha value is -3.73. The molecule has 0 aliphatic rings. The summed E-state index contributed by atoms with van der Waals surface area (Å²) in [5, 5.41) is 2.84. The molecule has 158 valence electrons. The Morgan fingerprint density at radius 1 is 0.774 bits per heavy atom. The highest BCUT2D eigenvalue weighted by atomic mass is 16.2. The van der Waals surface area contributed by atoms with Crippen molar-refractivity contribution in [2.45, 2.75) is 31.2 Å². The number of hydrogen-bond donors (Lipinski definition) is 2. The number of carbonyl (C=O) groups excluding carboxylic acids is 3. The van der Waals surface area contributed by atoms with Crippen molar-refractivity contribution in [3.05, 3.63) is 108 Å². The molecule has 0 aliphatic carbocycles. The molecule has 31 heavy (non-hydrogen) atoms. The first-order valence-corrected chi connectivity index (χ1v) is 10.2. The molecule has 3 aromatic carbocycles. The lowest BCUT2D eigenvalue weighted by Gasteiger charge is -2.35. The van der Waals surface area contributed by atoms with Gasteiger partial charge in [-0.25, -0.2) is 0 Å². The molecule has 3 N–H and O–H groups in total. The van der Waals surface area contributed by atoms with Gasteiger partial charge in [0.05, 0.1) is 0 Å². The van der Waals surface area contributed by atoms with E-state index in [-0.39, 0.29) is 24.5 Å². The van der Waals surface area contributed by atoms with Crippen LogP contribution in [0.25, 0.3) is 0 Å². The topological polar surface area (TPSA) is 89.3 Å². The van der Waals surface area contributed by atoms with E-state index >= 15 is 0 Å². The molecule has 0 aliphatic heterocycles. The van der Waals surface area contributed by atoms with E-state index < -0.39 is 17.4 Å². The van der Waals surface area contributed by atoms with Crippen molar-refractivity contribution in [2.75, 3.05) is 0 Å². The molecule has 0 fully saturated rings. The van der Waals surface area contributed by atoms with Crippen LogP contribution in [0.3, 0.4) is 0 Å². The van der Waals surface area contributed by atoms with E-state index in [2.05, 4.69) is 5.32 Å². The Kier molecular flexibility index (Phi) is 6.98. The first-order valence-electron chi connectivity index (χ1n) is 10.2. The third kappa shape index (κ3) is 4.72. The number of hydrogen-bond acceptors (Lipinski definition) is 3. The Morgan fingerprint density at radius 3 is 1.48 bits per heavy atom. The summed E-state index contributed by atoms with van der Waals surface area (Å²) >= 11 is 0. The van der Waals surface area contributed by atoms with Gasteiger partial charge in [0.15, 0.2) is 0 Å². The van der Waals surface area contributed by atoms with Crippen molar-refractivity contribution < 1.29 is 14.4 Å². The lowest BCUT2D eigenvalue weighted by molar-refractivity contribution is -0.129. The average Bonchev–Trinajstić information content (AvgIpc) is 2.79. The second-order valence-electron chi connectivity index (χ2n) is 7.52. The molecule has 0 saturated carbocycles. The van der Waals surface area contributed by atoms with E-state index in [1.165, 1.54) is 6.92 Å². The van der Waals surface area contributed by atoms with Crippen molar-refractivity contribution in [2.24, 2.45) is 5.73 Å². The van der Waals surface area contributed by atoms with Crippen molar-refractivity contribution in [1.29, 1.82) is 0 Å². The molecule has 0 saturated heterocycles. The quantitative estimate of drug-likeness (QED) is 0.526. The minimum absolute atomic E-state index is 0.0686. The maximum atomic E-state index is 14.0. The minimum atomic E-state index is -1.20. The number of rotatable bonds is 9. The number of ketones is 1. The van der Waals surface area contributed by atoms with Crippen LogP contribution in [0, 0.1) is 0 Å². The van der Waals surface area contributed by atoms with Gasteiger partial charge in [-0.2, -0.15) is 0 Å². The summed E-state index contributed by atoms with van der Waals surface area (Å²) in [7, 11) is 0. The van der Waals surface area contributed by atoms with Gasteiger partial charge >= 0.3 is 0 Å². The predicted octanol–water partition coefficient (Wildman–Crippen LogP) is 3.36. The molecular weight excluding hydrogens is 388 g/mol. The molecule has 2 amide bonds. The molecule has 0 radical (unpaired) electrons. The Bertz CT molecular complexity index is 937. The van der Waals surface area contributed by atoms with Gasteiger partial charge in [0.2, 0.25) is 11.8 Å². The summed E-state index contributed by atoms with van der Waals surface area (Å²) in [6.07, 6.45) is 0.313. The van der Waals surface area contributed by atoms with Crippen LogP contribution in [0.5, 0.6) is 0 Å². The molecule has 3 aromatic rings. The fourth-order valence-corrected chi connectivity index (χ4v) is 3.86. The zero-order valence-electron chi connectivity index (χ0n) is 17.5. The van der Waals surface area contributed by atoms with Crippen molar-refractivity contribution in [3.63, 3.8) is 0 Å². The fourth-order valence-electron chi connectivity index (χ4n) is 3.86. The van der Waals surface area contributed by atoms with Crippen LogP contribution in [0.1, 0.15) is 36.5 Å². The Labute approximate surface area is 182 Å². The van der Waals surface area contributed by atoms with Gasteiger partial charge in [-0.3, -0.25) is 9.59 Å². The van der Waals surface area contributed by atoms with Gasteiger partial charge in [0.1, 0.15) is 17.2 Å². The van der Waals surface area contributed by atoms with Crippen LogP contribution in [0.15, 0.2) is 91.0 Å². The molecule has 5 nitrogen and oxygen atoms in total. The van der Waals surface area contributed by atoms with Crippen LogP contribution >= 0.6 is 0 Å². The molecule has 1 atom stereocenters. The number of nitrogens with one attached hydrogen (secondary N) is 1. The molecule has 3 rings (SSSR count). The van der Waals surface area contributed by atoms with Gasteiger partial charge in [-0.1, -0.05) is 91.0 Å². The number of nitrogens with two attached hydrogens (primary N) is 1. The lowest BCUT2D eigenvalue weighted by atomic mass is 9.68. The maximum absolute atomic E-state index is 14.0. The third-order valence-corrected chi connectivity index (χ3v) is 5.39. The van der Waals surface area contributed by atoms with E-state index in [0.717, 1.165) is 16.7 Å². The molecular formula is C26H26N2O3. The molecule has 5 heteroatoms. The van der Waals surface area contributed by atoms with E-state index in [0.29, 0.717) is 0 Å². The number of carbonyl (C=O) groups is 3. The smallest absolute Gasteiger partial charge is 0.240 e. The van der Waals surface area contributed by atoms with Gasteiger partial charge < -0.3 is 15.8 Å². The summed E-state index contributed by atoms with van der Waals surface area (Å²) in [5.74, 6) is -1.11. The average molecular weight is 415 g/mol. The van der Waals surface area contributed by atoms with Gasteiger partial charge in [-0.15, -0.1) is 0 Å². The lowest BCUT2D eigenvalue weighted by Crippen LogP contribution is -2.53. The zero-order chi connectivity index (χ0) is 22.3. The normalized spacial score (nSPS) is 12.0. The van der Waals surface area contributed by atoms with Crippen molar-refractivity contribution in [1.82, 2.24) is 5.32 Å². The van der Waals surface area contributed by atoms with E-state index in [1.807, 2.05) is 91.0 Å². The molecule has 0 heterocycles. The Morgan fingerprint density at radius 2 is 1.16 bits per heavy atom. The molecule has 0 unspecified atom stereocenters. The fraction of sp³-hybridized carbons (Fsp3) is 0.192. The highest BCUT2D eigenvalue weighted by Gasteiger charge is 2.44. The van der Waals surface area contributed by atoms with E-state index in [1.54, 1.807) is 0 Å². The summed E-state index contributed by atoms with van der Waals surface area (Å²) < 4.78 is 0. The SMILES string of the molecule is CC(=O)CC[C@@H](NC(=O)C(c1ccccc1)(c1ccccc1)c1ccccc1)C(N)=O. The molecule has 0 aromatic heterocycles. The highest BCUT2D eigenvalue weighted by Crippen LogP contribution is 2.39. The number of Topliss-reactive ketones (excluding diaryl/α,β-unsaturated/α-hetero) is 1. The first kappa shape index (κ1) is 22.0. The summed E-state index contributed by atoms with van der Waals surface area (Å²) in [5.41, 5.74) is 6.66. The van der Waals surface area contributed by atoms with Gasteiger partial charge in [0.25, 0.3) is 0 Å². The first-order chi connectivity index (χ1) is 15.0. The zero-order valence-corrected chi connectivity index (χ0v) is 17.5. The summed E-state index contributed by atoms with van der Waals surface area (Å²) in [6.45, 7) is 1.45. The molecule has 0 spiro atoms. The largest absolute Gasteiger partial charge is 0.368 e. The van der Waals surface area contributed by atoms with Crippen molar-refractivity contribution >= 4 is 17.6 Å². The second-order valence-corrected chi connectivity index (χ2v) is 7.52. The summed E-state index contributed by atoms with van der Waals surface area (Å²) in [6, 6.07) is 27.4. The van der Waals surface area contributed by atoms with Crippen LogP contribution in [-0.4, -0.2) is 23.6 Å². The van der Waals surface area contributed by atoms with E-state index in [9.17, 15) is 14.4 Å². The summed E-state index contributed by atoms with van der Waals surface area (Å²) in [4.78, 5) is 37.6. The second kappa shape index (κ2) is 9.85. The monoisotopic (exact) mass is 414 g/mol. The highest BCUT2D eigenvalue weighted by molar-refractivity contribution is 5.98. The number of primary amides is 1. The predicted molar refractivity (Wildman–Crippen MR) is 120 cm³/mol.